The van der Waals surface area contributed by atoms with E-state index >= 15 is 0 Å². The van der Waals surface area contributed by atoms with Crippen molar-refractivity contribution in [2.24, 2.45) is 5.73 Å². The van der Waals surface area contributed by atoms with Crippen LogP contribution in [-0.4, -0.2) is 27.8 Å². The Labute approximate surface area is 129 Å². The first kappa shape index (κ1) is 16.4. The number of carbonyl (C=O) groups excluding carboxylic acids is 1. The lowest BCUT2D eigenvalue weighted by Crippen LogP contribution is -3.00. The molecule has 0 saturated carbocycles. The number of thioether (sulfide) groups is 1. The number of hydrogen-bond donors (Lipinski definition) is 2. The van der Waals surface area contributed by atoms with Gasteiger partial charge >= 0.3 is 5.17 Å². The van der Waals surface area contributed by atoms with Crippen LogP contribution in [0.25, 0.3) is 0 Å². The van der Waals surface area contributed by atoms with Crippen LogP contribution in [0.15, 0.2) is 24.3 Å². The van der Waals surface area contributed by atoms with Crippen molar-refractivity contribution in [2.45, 2.75) is 11.7 Å². The van der Waals surface area contributed by atoms with E-state index in [0.29, 0.717) is 18.7 Å². The van der Waals surface area contributed by atoms with Gasteiger partial charge in [-0.2, -0.15) is 0 Å². The normalized spacial score (nSPS) is 17.7. The van der Waals surface area contributed by atoms with E-state index in [0.717, 1.165) is 11.8 Å². The monoisotopic (exact) mass is 360 g/mol. The fraction of sp³-hybridized carbons (Fsp3) is 0.273. The summed E-state index contributed by atoms with van der Waals surface area (Å²) in [4.78, 5) is 23.8. The Morgan fingerprint density at radius 3 is 2.55 bits per heavy atom. The minimum Gasteiger partial charge on any atom is -1.00 e. The highest BCUT2D eigenvalue weighted by atomic mass is 79.9. The Kier molecular flexibility index (Phi) is 5.52. The van der Waals surface area contributed by atoms with Crippen LogP contribution in [0.2, 0.25) is 0 Å². The van der Waals surface area contributed by atoms with E-state index in [-0.39, 0.29) is 39.0 Å². The standard InChI is InChI=1S/C11H12N4O3S.BrH/c12-11(13)19-9-5-6-14(10(9)16)7-1-3-8(4-2-7)15(17)18;/h1-4,9H,5-6H2,(H3,12,13);1H. The zero-order chi connectivity index (χ0) is 14.0. The van der Waals surface area contributed by atoms with Crippen LogP contribution < -0.4 is 33.0 Å². The van der Waals surface area contributed by atoms with Crippen LogP contribution in [0.5, 0.6) is 0 Å². The molecule has 2 rings (SSSR count). The predicted octanol–water partition coefficient (Wildman–Crippen LogP) is -3.49. The topological polar surface area (TPSA) is 115 Å². The van der Waals surface area contributed by atoms with E-state index in [4.69, 9.17) is 11.1 Å². The maximum atomic E-state index is 12.1. The van der Waals surface area contributed by atoms with Crippen LogP contribution in [0, 0.1) is 10.1 Å². The van der Waals surface area contributed by atoms with E-state index < -0.39 is 4.92 Å². The second kappa shape index (κ2) is 6.71. The highest BCUT2D eigenvalue weighted by molar-refractivity contribution is 8.14. The van der Waals surface area contributed by atoms with Gasteiger partial charge < -0.3 is 21.9 Å². The van der Waals surface area contributed by atoms with Crippen molar-refractivity contribution >= 4 is 34.2 Å². The van der Waals surface area contributed by atoms with Gasteiger partial charge in [0.2, 0.25) is 5.91 Å². The lowest BCUT2D eigenvalue weighted by Gasteiger charge is -2.15. The number of nitrogens with zero attached hydrogens (tertiary/aromatic N) is 2. The van der Waals surface area contributed by atoms with E-state index in [1.807, 2.05) is 0 Å². The molecule has 0 bridgehead atoms. The molecule has 1 unspecified atom stereocenters. The third-order valence-corrected chi connectivity index (χ3v) is 3.80. The summed E-state index contributed by atoms with van der Waals surface area (Å²) in [6, 6.07) is 5.90. The number of nitro benzene ring substituents is 1. The van der Waals surface area contributed by atoms with Crippen LogP contribution >= 0.6 is 11.8 Å². The van der Waals surface area contributed by atoms with Crippen LogP contribution in [0.3, 0.4) is 0 Å². The molecule has 1 aromatic carbocycles. The van der Waals surface area contributed by atoms with Gasteiger partial charge in [0, 0.05) is 24.4 Å². The van der Waals surface area contributed by atoms with Gasteiger partial charge in [0.25, 0.3) is 5.69 Å². The number of amidine groups is 1. The summed E-state index contributed by atoms with van der Waals surface area (Å²) in [5.74, 6) is -0.0766. The van der Waals surface area contributed by atoms with Crippen molar-refractivity contribution in [2.75, 3.05) is 11.4 Å². The number of nitrogens with two attached hydrogens (primary N) is 2. The minimum atomic E-state index is -0.474. The van der Waals surface area contributed by atoms with Gasteiger partial charge in [0.15, 0.2) is 0 Å². The fourth-order valence-electron chi connectivity index (χ4n) is 1.94. The number of anilines is 1. The van der Waals surface area contributed by atoms with Gasteiger partial charge in [-0.15, -0.1) is 0 Å². The number of benzene rings is 1. The maximum absolute atomic E-state index is 12.1. The summed E-state index contributed by atoms with van der Waals surface area (Å²) in [5.41, 5.74) is 6.03. The molecule has 1 amide bonds. The molecule has 1 aliphatic heterocycles. The van der Waals surface area contributed by atoms with Crippen LogP contribution in [-0.2, 0) is 4.79 Å². The Morgan fingerprint density at radius 2 is 2.05 bits per heavy atom. The molecule has 1 aliphatic rings. The first-order valence-corrected chi connectivity index (χ1v) is 6.47. The molecule has 7 nitrogen and oxygen atoms in total. The van der Waals surface area contributed by atoms with Crippen molar-refractivity contribution in [1.29, 1.82) is 0 Å². The van der Waals surface area contributed by atoms with Crippen LogP contribution in [0.1, 0.15) is 6.42 Å². The average Bonchev–Trinajstić information content (AvgIpc) is 2.70. The molecule has 9 heteroatoms. The van der Waals surface area contributed by atoms with Crippen LogP contribution in [0.4, 0.5) is 11.4 Å². The number of carbonyl (C=O) groups is 1. The third-order valence-electron chi connectivity index (χ3n) is 2.81. The Bertz CT molecular complexity index is 537. The Balaban J connectivity index is 0.00000200. The van der Waals surface area contributed by atoms with E-state index in [9.17, 15) is 14.9 Å². The average molecular weight is 361 g/mol. The molecule has 0 radical (unpaired) electrons. The van der Waals surface area contributed by atoms with Gasteiger partial charge in [-0.3, -0.25) is 26.1 Å². The summed E-state index contributed by atoms with van der Waals surface area (Å²) < 4.78 is 0. The molecule has 4 N–H and O–H groups in total. The quantitative estimate of drug-likeness (QED) is 0.251. The van der Waals surface area contributed by atoms with Crippen molar-refractivity contribution < 1.29 is 32.1 Å². The summed E-state index contributed by atoms with van der Waals surface area (Å²) in [7, 11) is 0. The van der Waals surface area contributed by atoms with E-state index in [1.54, 1.807) is 17.0 Å². The summed E-state index contributed by atoms with van der Waals surface area (Å²) in [5, 5.41) is 15.8. The predicted molar refractivity (Wildman–Crippen MR) is 72.6 cm³/mol. The number of non-ortho nitro benzene ring substituents is 1. The van der Waals surface area contributed by atoms with Gasteiger partial charge in [-0.05, 0) is 30.3 Å². The smallest absolute Gasteiger partial charge is 0.300 e. The lowest BCUT2D eigenvalue weighted by atomic mass is 10.2. The van der Waals surface area contributed by atoms with Gasteiger partial charge in [0.05, 0.1) is 10.2 Å². The number of nitro groups is 1. The highest BCUT2D eigenvalue weighted by Crippen LogP contribution is 2.28. The number of halogens is 1. The SMILES string of the molecule is NC(=[NH2+])SC1CCN(c2ccc([N+](=O)[O-])cc2)C1=O.[Br-]. The summed E-state index contributed by atoms with van der Waals surface area (Å²) >= 11 is 1.15. The van der Waals surface area contributed by atoms with Gasteiger partial charge in [0.1, 0.15) is 0 Å². The molecule has 1 saturated heterocycles. The molecule has 20 heavy (non-hydrogen) atoms. The van der Waals surface area contributed by atoms with Crippen molar-refractivity contribution in [3.05, 3.63) is 34.4 Å². The molecule has 0 aromatic heterocycles. The molecule has 1 atom stereocenters. The van der Waals surface area contributed by atoms with E-state index in [2.05, 4.69) is 0 Å². The van der Waals surface area contributed by atoms with Crippen molar-refractivity contribution in [1.82, 2.24) is 0 Å². The first-order valence-electron chi connectivity index (χ1n) is 5.59. The molecular formula is C11H13BrN4O3S. The molecule has 0 aliphatic carbocycles. The van der Waals surface area contributed by atoms with Crippen molar-refractivity contribution in [3.63, 3.8) is 0 Å². The van der Waals surface area contributed by atoms with Gasteiger partial charge in [-0.25, -0.2) is 0 Å². The summed E-state index contributed by atoms with van der Waals surface area (Å²) in [6.07, 6.45) is 0.651. The number of rotatable bonds is 3. The largest absolute Gasteiger partial charge is 1.00 e. The molecule has 0 spiro atoms. The Morgan fingerprint density at radius 1 is 1.45 bits per heavy atom. The van der Waals surface area contributed by atoms with Crippen molar-refractivity contribution in [3.8, 4) is 0 Å². The third kappa shape index (κ3) is 3.48. The van der Waals surface area contributed by atoms with E-state index in [1.165, 1.54) is 12.1 Å². The number of hydrogen-bond acceptors (Lipinski definition) is 4. The lowest BCUT2D eigenvalue weighted by molar-refractivity contribution is -0.384. The first-order chi connectivity index (χ1) is 8.99. The minimum absolute atomic E-state index is 0. The molecule has 108 valence electrons. The zero-order valence-corrected chi connectivity index (χ0v) is 12.8. The molecule has 1 fully saturated rings. The van der Waals surface area contributed by atoms with Gasteiger partial charge in [-0.1, -0.05) is 0 Å². The number of amides is 1. The molecule has 1 aromatic rings. The second-order valence-corrected chi connectivity index (χ2v) is 5.34. The summed E-state index contributed by atoms with van der Waals surface area (Å²) in [6.45, 7) is 0.557. The molecular weight excluding hydrogens is 348 g/mol. The fourth-order valence-corrected chi connectivity index (χ4v) is 2.72. The highest BCUT2D eigenvalue weighted by Gasteiger charge is 2.34. The molecule has 1 heterocycles. The Hall–Kier alpha value is -1.61. The second-order valence-electron chi connectivity index (χ2n) is 4.06. The maximum Gasteiger partial charge on any atom is 0.300 e. The zero-order valence-electron chi connectivity index (χ0n) is 10.4.